The Hall–Kier alpha value is -2.34. The number of carbonyl (C=O) groups is 2. The quantitative estimate of drug-likeness (QED) is 0.771. The van der Waals surface area contributed by atoms with Crippen LogP contribution in [0.1, 0.15) is 48.8 Å². The summed E-state index contributed by atoms with van der Waals surface area (Å²) in [5.41, 5.74) is 4.26. The lowest BCUT2D eigenvalue weighted by molar-refractivity contribution is -0.116. The van der Waals surface area contributed by atoms with E-state index >= 15 is 0 Å². The van der Waals surface area contributed by atoms with Crippen LogP contribution in [0.25, 0.3) is 5.57 Å². The number of hydrogen-bond acceptors (Lipinski definition) is 4. The van der Waals surface area contributed by atoms with E-state index < -0.39 is 11.7 Å². The maximum Gasteiger partial charge on any atom is 0.505 e. The third-order valence-corrected chi connectivity index (χ3v) is 5.82. The van der Waals surface area contributed by atoms with Crippen LogP contribution in [0.4, 0.5) is 4.79 Å². The lowest BCUT2D eigenvalue weighted by Gasteiger charge is -2.39. The first-order chi connectivity index (χ1) is 12.9. The molecule has 1 heterocycles. The Morgan fingerprint density at radius 2 is 2.00 bits per heavy atom. The molecule has 3 rings (SSSR count). The van der Waals surface area contributed by atoms with Crippen LogP contribution in [0, 0.1) is 13.8 Å². The molecule has 0 bridgehead atoms. The molecule has 0 aromatic heterocycles. The zero-order chi connectivity index (χ0) is 19.6. The summed E-state index contributed by atoms with van der Waals surface area (Å²) in [7, 11) is 1.72. The molecule has 0 saturated heterocycles. The molecule has 2 N–H and O–H groups in total. The summed E-state index contributed by atoms with van der Waals surface area (Å²) in [5.74, 6) is -0.0788. The Bertz CT molecular complexity index is 775. The summed E-state index contributed by atoms with van der Waals surface area (Å²) in [6.07, 6.45) is 2.61. The summed E-state index contributed by atoms with van der Waals surface area (Å²) in [6.45, 7) is 4.04. The van der Waals surface area contributed by atoms with Crippen molar-refractivity contribution >= 4 is 17.6 Å². The zero-order valence-electron chi connectivity index (χ0n) is 16.1. The fourth-order valence-electron chi connectivity index (χ4n) is 4.37. The van der Waals surface area contributed by atoms with E-state index in [1.807, 2.05) is 32.0 Å². The number of ether oxygens (including phenoxy) is 2. The van der Waals surface area contributed by atoms with E-state index in [0.29, 0.717) is 12.0 Å². The third kappa shape index (κ3) is 3.86. The highest BCUT2D eigenvalue weighted by Crippen LogP contribution is 2.45. The Kier molecular flexibility index (Phi) is 5.56. The van der Waals surface area contributed by atoms with Gasteiger partial charge in [0.1, 0.15) is 0 Å². The van der Waals surface area contributed by atoms with Gasteiger partial charge in [0.15, 0.2) is 0 Å². The molecule has 1 aliphatic carbocycles. The topological polar surface area (TPSA) is 84.9 Å². The first-order valence-electron chi connectivity index (χ1n) is 9.38. The summed E-state index contributed by atoms with van der Waals surface area (Å²) < 4.78 is 10.3. The van der Waals surface area contributed by atoms with Gasteiger partial charge in [-0.05, 0) is 56.2 Å². The second-order valence-electron chi connectivity index (χ2n) is 7.51. The number of aryl methyl sites for hydroxylation is 2. The van der Waals surface area contributed by atoms with E-state index in [9.17, 15) is 9.59 Å². The van der Waals surface area contributed by atoms with E-state index in [1.54, 1.807) is 7.11 Å². The minimum Gasteiger partial charge on any atom is -0.450 e. The van der Waals surface area contributed by atoms with E-state index in [0.717, 1.165) is 47.9 Å². The Balaban J connectivity index is 2.02. The average molecular weight is 373 g/mol. The van der Waals surface area contributed by atoms with Crippen LogP contribution in [0.15, 0.2) is 23.8 Å². The molecule has 0 unspecified atom stereocenters. The fourth-order valence-corrected chi connectivity index (χ4v) is 4.37. The standard InChI is InChI=1S/C21H27NO5/c1-13-4-5-14(2)16(12-13)18-17(8-11-27-20(24)25)21(22-19(18)23)9-6-15(26-3)7-10-21/h4-5,12,15H,6-11H2,1-3H3,(H,22,23)(H,24,25). The third-order valence-electron chi connectivity index (χ3n) is 5.82. The Morgan fingerprint density at radius 1 is 1.30 bits per heavy atom. The van der Waals surface area contributed by atoms with Crippen LogP contribution < -0.4 is 5.32 Å². The Labute approximate surface area is 159 Å². The number of benzene rings is 1. The minimum absolute atomic E-state index is 0.0451. The summed E-state index contributed by atoms with van der Waals surface area (Å²) in [5, 5.41) is 12.1. The van der Waals surface area contributed by atoms with Crippen LogP contribution >= 0.6 is 0 Å². The van der Waals surface area contributed by atoms with E-state index in [4.69, 9.17) is 14.6 Å². The molecule has 146 valence electrons. The van der Waals surface area contributed by atoms with Gasteiger partial charge >= 0.3 is 6.16 Å². The molecular weight excluding hydrogens is 346 g/mol. The lowest BCUT2D eigenvalue weighted by Crippen LogP contribution is -2.48. The van der Waals surface area contributed by atoms with Crippen LogP contribution in [-0.2, 0) is 14.3 Å². The van der Waals surface area contributed by atoms with Gasteiger partial charge in [-0.3, -0.25) is 4.79 Å². The molecule has 1 fully saturated rings. The number of nitrogens with one attached hydrogen (secondary N) is 1. The SMILES string of the molecule is COC1CCC2(CC1)NC(=O)C(c1cc(C)ccc1C)=C2CCOC(=O)O. The van der Waals surface area contributed by atoms with Gasteiger partial charge in [-0.2, -0.15) is 0 Å². The monoisotopic (exact) mass is 373 g/mol. The Morgan fingerprint density at radius 3 is 2.63 bits per heavy atom. The molecule has 6 heteroatoms. The van der Waals surface area contributed by atoms with Crippen LogP contribution in [0.3, 0.4) is 0 Å². The van der Waals surface area contributed by atoms with Gasteiger partial charge in [0, 0.05) is 19.1 Å². The summed E-state index contributed by atoms with van der Waals surface area (Å²) >= 11 is 0. The highest BCUT2D eigenvalue weighted by molar-refractivity contribution is 6.24. The average Bonchev–Trinajstić information content (AvgIpc) is 2.89. The normalized spacial score (nSPS) is 25.0. The highest BCUT2D eigenvalue weighted by Gasteiger charge is 2.47. The maximum atomic E-state index is 13.0. The smallest absolute Gasteiger partial charge is 0.450 e. The van der Waals surface area contributed by atoms with Crippen LogP contribution in [0.2, 0.25) is 0 Å². The van der Waals surface area contributed by atoms with Gasteiger partial charge in [-0.25, -0.2) is 4.79 Å². The number of rotatable bonds is 5. The van der Waals surface area contributed by atoms with Gasteiger partial charge in [-0.15, -0.1) is 0 Å². The highest BCUT2D eigenvalue weighted by atomic mass is 16.7. The van der Waals surface area contributed by atoms with E-state index in [-0.39, 0.29) is 18.6 Å². The molecule has 6 nitrogen and oxygen atoms in total. The number of carbonyl (C=O) groups excluding carboxylic acids is 1. The van der Waals surface area contributed by atoms with Crippen molar-refractivity contribution in [3.63, 3.8) is 0 Å². The lowest BCUT2D eigenvalue weighted by atomic mass is 9.74. The van der Waals surface area contributed by atoms with Crippen molar-refractivity contribution in [1.29, 1.82) is 0 Å². The maximum absolute atomic E-state index is 13.0. The molecule has 1 saturated carbocycles. The van der Waals surface area contributed by atoms with Gasteiger partial charge in [0.05, 0.1) is 18.2 Å². The van der Waals surface area contributed by atoms with Gasteiger partial charge in [0.2, 0.25) is 0 Å². The van der Waals surface area contributed by atoms with Crippen molar-refractivity contribution < 1.29 is 24.2 Å². The van der Waals surface area contributed by atoms with Gasteiger partial charge in [-0.1, -0.05) is 23.8 Å². The number of carboxylic acid groups (broad SMARTS) is 1. The predicted molar refractivity (Wildman–Crippen MR) is 102 cm³/mol. The second kappa shape index (κ2) is 7.72. The molecule has 1 aromatic carbocycles. The van der Waals surface area contributed by atoms with Crippen molar-refractivity contribution in [1.82, 2.24) is 5.32 Å². The van der Waals surface area contributed by atoms with Gasteiger partial charge < -0.3 is 19.9 Å². The number of amides is 1. The van der Waals surface area contributed by atoms with Crippen molar-refractivity contribution in [2.24, 2.45) is 0 Å². The van der Waals surface area contributed by atoms with Gasteiger partial charge in [0.25, 0.3) is 5.91 Å². The first kappa shape index (κ1) is 19.4. The number of methoxy groups -OCH3 is 1. The van der Waals surface area contributed by atoms with Crippen molar-refractivity contribution in [2.45, 2.75) is 57.6 Å². The largest absolute Gasteiger partial charge is 0.505 e. The van der Waals surface area contributed by atoms with Crippen LogP contribution in [0.5, 0.6) is 0 Å². The molecule has 0 atom stereocenters. The molecule has 1 spiro atoms. The zero-order valence-corrected chi connectivity index (χ0v) is 16.1. The summed E-state index contributed by atoms with van der Waals surface area (Å²) in [6, 6.07) is 6.07. The van der Waals surface area contributed by atoms with E-state index in [1.165, 1.54) is 0 Å². The molecule has 1 aliphatic heterocycles. The summed E-state index contributed by atoms with van der Waals surface area (Å²) in [4.78, 5) is 23.8. The molecule has 27 heavy (non-hydrogen) atoms. The van der Waals surface area contributed by atoms with Crippen molar-refractivity contribution in [3.05, 3.63) is 40.5 Å². The minimum atomic E-state index is -1.29. The number of hydrogen-bond donors (Lipinski definition) is 2. The molecule has 2 aliphatic rings. The predicted octanol–water partition coefficient (Wildman–Crippen LogP) is 3.60. The van der Waals surface area contributed by atoms with E-state index in [2.05, 4.69) is 5.32 Å². The first-order valence-corrected chi connectivity index (χ1v) is 9.38. The molecular formula is C21H27NO5. The molecule has 0 radical (unpaired) electrons. The molecule has 1 aromatic rings. The van der Waals surface area contributed by atoms with Crippen LogP contribution in [-0.4, -0.2) is 42.5 Å². The van der Waals surface area contributed by atoms with Crippen molar-refractivity contribution in [3.8, 4) is 0 Å². The van der Waals surface area contributed by atoms with Crippen molar-refractivity contribution in [2.75, 3.05) is 13.7 Å². The molecule has 1 amide bonds. The second-order valence-corrected chi connectivity index (χ2v) is 7.51. The fraction of sp³-hybridized carbons (Fsp3) is 0.524.